The summed E-state index contributed by atoms with van der Waals surface area (Å²) in [5.74, 6) is 0. The van der Waals surface area contributed by atoms with Gasteiger partial charge < -0.3 is 10.5 Å². The van der Waals surface area contributed by atoms with Crippen LogP contribution in [0.3, 0.4) is 0 Å². The van der Waals surface area contributed by atoms with Crippen LogP contribution in [0.5, 0.6) is 0 Å². The van der Waals surface area contributed by atoms with Gasteiger partial charge in [-0.3, -0.25) is 5.32 Å². The monoisotopic (exact) mass is 164 g/mol. The normalized spacial score (nSPS) is 14.5. The van der Waals surface area contributed by atoms with Crippen molar-refractivity contribution in [3.8, 4) is 0 Å². The van der Waals surface area contributed by atoms with Gasteiger partial charge in [-0.1, -0.05) is 0 Å². The maximum Gasteiger partial charge on any atom is 0.411 e. The Kier molecular flexibility index (Phi) is 1.40. The van der Waals surface area contributed by atoms with Gasteiger partial charge in [0, 0.05) is 11.3 Å². The molecule has 0 unspecified atom stereocenters. The van der Waals surface area contributed by atoms with E-state index in [1.54, 1.807) is 18.2 Å². The van der Waals surface area contributed by atoms with Gasteiger partial charge in [-0.25, -0.2) is 4.79 Å². The number of rotatable bonds is 0. The molecule has 3 N–H and O–H groups in total. The zero-order valence-corrected chi connectivity index (χ0v) is 6.33. The van der Waals surface area contributed by atoms with Crippen molar-refractivity contribution in [3.63, 3.8) is 0 Å². The number of hydrogen-bond donors (Lipinski definition) is 2. The maximum absolute atomic E-state index is 10.7. The van der Waals surface area contributed by atoms with Gasteiger partial charge >= 0.3 is 6.09 Å². The largest absolute Gasteiger partial charge is 0.444 e. The minimum absolute atomic E-state index is 0.298. The molecule has 1 amide bonds. The van der Waals surface area contributed by atoms with Crippen molar-refractivity contribution in [3.05, 3.63) is 23.8 Å². The van der Waals surface area contributed by atoms with Crippen molar-refractivity contribution in [2.24, 2.45) is 0 Å². The van der Waals surface area contributed by atoms with Crippen LogP contribution in [0.15, 0.2) is 18.2 Å². The second-order valence-corrected chi connectivity index (χ2v) is 2.62. The first kappa shape index (κ1) is 6.97. The summed E-state index contributed by atoms with van der Waals surface area (Å²) in [4.78, 5) is 10.7. The van der Waals surface area contributed by atoms with Crippen LogP contribution in [-0.4, -0.2) is 6.09 Å². The van der Waals surface area contributed by atoms with E-state index in [-0.39, 0.29) is 0 Å². The van der Waals surface area contributed by atoms with Crippen LogP contribution in [0.25, 0.3) is 0 Å². The number of ether oxygens (including phenoxy) is 1. The first-order chi connectivity index (χ1) is 5.75. The third kappa shape index (κ3) is 1.07. The molecule has 2 rings (SSSR count). The summed E-state index contributed by atoms with van der Waals surface area (Å²) in [5, 5.41) is 2.57. The molecule has 4 heteroatoms. The number of fused-ring (bicyclic) bond motifs is 1. The van der Waals surface area contributed by atoms with E-state index < -0.39 is 6.09 Å². The lowest BCUT2D eigenvalue weighted by molar-refractivity contribution is 0.151. The SMILES string of the molecule is Nc1ccc2c(c1)COC(=O)N2. The van der Waals surface area contributed by atoms with Crippen LogP contribution in [0.1, 0.15) is 5.56 Å². The second-order valence-electron chi connectivity index (χ2n) is 2.62. The second kappa shape index (κ2) is 2.41. The number of hydrogen-bond acceptors (Lipinski definition) is 3. The molecule has 0 radical (unpaired) electrons. The molecule has 1 aromatic rings. The van der Waals surface area contributed by atoms with Crippen molar-refractivity contribution in [2.45, 2.75) is 6.61 Å². The third-order valence-electron chi connectivity index (χ3n) is 1.72. The Morgan fingerprint density at radius 2 is 2.33 bits per heavy atom. The van der Waals surface area contributed by atoms with E-state index in [9.17, 15) is 4.79 Å². The average Bonchev–Trinajstić information content (AvgIpc) is 2.05. The number of anilines is 2. The Hall–Kier alpha value is -1.71. The molecule has 0 spiro atoms. The number of amides is 1. The molecular weight excluding hydrogens is 156 g/mol. The van der Waals surface area contributed by atoms with E-state index >= 15 is 0 Å². The van der Waals surface area contributed by atoms with Crippen LogP contribution in [0.2, 0.25) is 0 Å². The van der Waals surface area contributed by atoms with Crippen molar-refractivity contribution in [2.75, 3.05) is 11.1 Å². The lowest BCUT2D eigenvalue weighted by atomic mass is 10.1. The number of nitrogens with two attached hydrogens (primary N) is 1. The molecule has 12 heavy (non-hydrogen) atoms. The molecule has 1 aliphatic rings. The van der Waals surface area contributed by atoms with Crippen molar-refractivity contribution in [1.82, 2.24) is 0 Å². The zero-order chi connectivity index (χ0) is 8.55. The summed E-state index contributed by atoms with van der Waals surface area (Å²) in [6.45, 7) is 0.298. The molecule has 4 nitrogen and oxygen atoms in total. The van der Waals surface area contributed by atoms with Gasteiger partial charge in [0.15, 0.2) is 0 Å². The minimum atomic E-state index is -0.410. The molecule has 0 bridgehead atoms. The van der Waals surface area contributed by atoms with Gasteiger partial charge in [0.05, 0.1) is 5.69 Å². The van der Waals surface area contributed by atoms with Gasteiger partial charge in [0.2, 0.25) is 0 Å². The molecule has 0 aliphatic carbocycles. The average molecular weight is 164 g/mol. The summed E-state index contributed by atoms with van der Waals surface area (Å²) < 4.78 is 4.75. The van der Waals surface area contributed by atoms with Gasteiger partial charge in [-0.05, 0) is 18.2 Å². The van der Waals surface area contributed by atoms with Crippen LogP contribution < -0.4 is 11.1 Å². The minimum Gasteiger partial charge on any atom is -0.444 e. The predicted molar refractivity (Wildman–Crippen MR) is 44.7 cm³/mol. The number of cyclic esters (lactones) is 1. The van der Waals surface area contributed by atoms with Crippen LogP contribution in [0, 0.1) is 0 Å². The van der Waals surface area contributed by atoms with Crippen molar-refractivity contribution in [1.29, 1.82) is 0 Å². The fourth-order valence-corrected chi connectivity index (χ4v) is 1.14. The Morgan fingerprint density at radius 3 is 3.17 bits per heavy atom. The number of carbonyl (C=O) groups is 1. The summed E-state index contributed by atoms with van der Waals surface area (Å²) in [6, 6.07) is 5.30. The standard InChI is InChI=1S/C8H8N2O2/c9-6-1-2-7-5(3-6)4-12-8(11)10-7/h1-3H,4,9H2,(H,10,11). The maximum atomic E-state index is 10.7. The lowest BCUT2D eigenvalue weighted by Gasteiger charge is -2.17. The topological polar surface area (TPSA) is 64.3 Å². The molecule has 1 heterocycles. The van der Waals surface area contributed by atoms with Crippen LogP contribution in [0.4, 0.5) is 16.2 Å². The van der Waals surface area contributed by atoms with Gasteiger partial charge in [-0.2, -0.15) is 0 Å². The highest BCUT2D eigenvalue weighted by atomic mass is 16.5. The highest BCUT2D eigenvalue weighted by molar-refractivity contribution is 5.87. The summed E-state index contributed by atoms with van der Waals surface area (Å²) >= 11 is 0. The van der Waals surface area contributed by atoms with E-state index in [1.165, 1.54) is 0 Å². The predicted octanol–water partition coefficient (Wildman–Crippen LogP) is 1.33. The molecule has 62 valence electrons. The highest BCUT2D eigenvalue weighted by Gasteiger charge is 2.14. The first-order valence-corrected chi connectivity index (χ1v) is 3.58. The number of nitrogens with one attached hydrogen (secondary N) is 1. The molecule has 0 atom stereocenters. The number of benzene rings is 1. The zero-order valence-electron chi connectivity index (χ0n) is 6.33. The number of carbonyl (C=O) groups excluding carboxylic acids is 1. The van der Waals surface area contributed by atoms with Gasteiger partial charge in [0.1, 0.15) is 6.61 Å². The Balaban J connectivity index is 2.43. The molecule has 1 aromatic carbocycles. The third-order valence-corrected chi connectivity index (χ3v) is 1.72. The highest BCUT2D eigenvalue weighted by Crippen LogP contribution is 2.23. The van der Waals surface area contributed by atoms with E-state index in [4.69, 9.17) is 10.5 Å². The van der Waals surface area contributed by atoms with E-state index in [2.05, 4.69) is 5.32 Å². The fourth-order valence-electron chi connectivity index (χ4n) is 1.14. The van der Waals surface area contributed by atoms with E-state index in [1.807, 2.05) is 0 Å². The molecular formula is C8H8N2O2. The molecule has 0 aromatic heterocycles. The molecule has 0 saturated heterocycles. The molecule has 1 aliphatic heterocycles. The number of nitrogen functional groups attached to an aromatic ring is 1. The Morgan fingerprint density at radius 1 is 1.50 bits per heavy atom. The molecule has 0 saturated carbocycles. The van der Waals surface area contributed by atoms with Crippen molar-refractivity contribution >= 4 is 17.5 Å². The summed E-state index contributed by atoms with van der Waals surface area (Å²) in [6.07, 6.45) is -0.410. The fraction of sp³-hybridized carbons (Fsp3) is 0.125. The van der Waals surface area contributed by atoms with Crippen LogP contribution in [-0.2, 0) is 11.3 Å². The Labute approximate surface area is 69.3 Å². The van der Waals surface area contributed by atoms with E-state index in [0.29, 0.717) is 12.3 Å². The summed E-state index contributed by atoms with van der Waals surface area (Å²) in [5.41, 5.74) is 7.91. The van der Waals surface area contributed by atoms with Crippen LogP contribution >= 0.6 is 0 Å². The van der Waals surface area contributed by atoms with Gasteiger partial charge in [0.25, 0.3) is 0 Å². The lowest BCUT2D eigenvalue weighted by Crippen LogP contribution is -2.20. The molecule has 0 fully saturated rings. The quantitative estimate of drug-likeness (QED) is 0.568. The van der Waals surface area contributed by atoms with Gasteiger partial charge in [-0.15, -0.1) is 0 Å². The Bertz CT molecular complexity index is 336. The van der Waals surface area contributed by atoms with E-state index in [0.717, 1.165) is 11.3 Å². The van der Waals surface area contributed by atoms with Crippen molar-refractivity contribution < 1.29 is 9.53 Å². The smallest absolute Gasteiger partial charge is 0.411 e. The first-order valence-electron chi connectivity index (χ1n) is 3.58. The summed E-state index contributed by atoms with van der Waals surface area (Å²) in [7, 11) is 0.